The topological polar surface area (TPSA) is 71.7 Å². The molecule has 0 aromatic carbocycles. The van der Waals surface area contributed by atoms with Crippen LogP contribution in [0.3, 0.4) is 0 Å². The van der Waals surface area contributed by atoms with Crippen LogP contribution in [0.15, 0.2) is 4.99 Å². The summed E-state index contributed by atoms with van der Waals surface area (Å²) in [5.41, 5.74) is 2.45. The van der Waals surface area contributed by atoms with E-state index in [1.165, 1.54) is 0 Å². The van der Waals surface area contributed by atoms with Crippen LogP contribution in [0.2, 0.25) is 0 Å². The molecule has 0 atom stereocenters. The van der Waals surface area contributed by atoms with Crippen LogP contribution >= 0.6 is 0 Å². The first-order chi connectivity index (χ1) is 5.35. The molecule has 0 amide bonds. The van der Waals surface area contributed by atoms with Crippen molar-refractivity contribution in [2.75, 3.05) is 26.8 Å². The molecule has 0 saturated carbocycles. The van der Waals surface area contributed by atoms with E-state index in [-0.39, 0.29) is 0 Å². The molecule has 0 aliphatic rings. The van der Waals surface area contributed by atoms with Gasteiger partial charge in [-0.3, -0.25) is 5.43 Å². The third kappa shape index (κ3) is 5.63. The monoisotopic (exact) mass is 160 g/mol. The Labute approximate surface area is 67.0 Å². The van der Waals surface area contributed by atoms with Gasteiger partial charge in [0.1, 0.15) is 0 Å². The highest BCUT2D eigenvalue weighted by molar-refractivity contribution is 5.78. The molecule has 0 heterocycles. The predicted molar refractivity (Wildman–Crippen MR) is 45.2 cm³/mol. The second-order valence-corrected chi connectivity index (χ2v) is 1.90. The van der Waals surface area contributed by atoms with E-state index in [0.717, 1.165) is 6.54 Å². The van der Waals surface area contributed by atoms with Crippen molar-refractivity contribution in [2.45, 2.75) is 6.92 Å². The number of hydrogen-bond acceptors (Lipinski definition) is 3. The van der Waals surface area contributed by atoms with E-state index in [4.69, 9.17) is 10.6 Å². The molecular formula is C6H16N4O. The molecule has 0 radical (unpaired) electrons. The highest BCUT2D eigenvalue weighted by Gasteiger charge is 1.89. The van der Waals surface area contributed by atoms with Gasteiger partial charge in [0.25, 0.3) is 0 Å². The standard InChI is InChI=1S/C6H16N4O/c1-3-8-6(10-7)9-4-5-11-2/h3-5,7H2,1-2H3,(H2,8,9,10). The van der Waals surface area contributed by atoms with Gasteiger partial charge in [0.2, 0.25) is 5.96 Å². The zero-order valence-electron chi connectivity index (χ0n) is 7.05. The highest BCUT2D eigenvalue weighted by atomic mass is 16.5. The number of hydrogen-bond donors (Lipinski definition) is 3. The number of hydrazine groups is 1. The van der Waals surface area contributed by atoms with Crippen molar-refractivity contribution >= 4 is 5.96 Å². The second kappa shape index (κ2) is 7.30. The van der Waals surface area contributed by atoms with Gasteiger partial charge >= 0.3 is 0 Å². The number of rotatable bonds is 4. The summed E-state index contributed by atoms with van der Waals surface area (Å²) in [4.78, 5) is 4.07. The predicted octanol–water partition coefficient (Wildman–Crippen LogP) is -0.938. The van der Waals surface area contributed by atoms with Gasteiger partial charge in [-0.05, 0) is 6.92 Å². The van der Waals surface area contributed by atoms with Crippen molar-refractivity contribution in [1.29, 1.82) is 0 Å². The average molecular weight is 160 g/mol. The molecule has 0 aliphatic carbocycles. The first-order valence-corrected chi connectivity index (χ1v) is 3.59. The minimum Gasteiger partial charge on any atom is -0.383 e. The van der Waals surface area contributed by atoms with Crippen molar-refractivity contribution in [3.8, 4) is 0 Å². The third-order valence-corrected chi connectivity index (χ3v) is 1.05. The smallest absolute Gasteiger partial charge is 0.205 e. The van der Waals surface area contributed by atoms with E-state index in [9.17, 15) is 0 Å². The number of aliphatic imine (C=N–C) groups is 1. The summed E-state index contributed by atoms with van der Waals surface area (Å²) in [5, 5.41) is 2.95. The molecule has 0 unspecified atom stereocenters. The number of guanidine groups is 1. The van der Waals surface area contributed by atoms with Crippen LogP contribution in [0, 0.1) is 0 Å². The van der Waals surface area contributed by atoms with E-state index < -0.39 is 0 Å². The zero-order valence-corrected chi connectivity index (χ0v) is 7.05. The lowest BCUT2D eigenvalue weighted by Crippen LogP contribution is -2.41. The fourth-order valence-electron chi connectivity index (χ4n) is 0.569. The molecular weight excluding hydrogens is 144 g/mol. The second-order valence-electron chi connectivity index (χ2n) is 1.90. The summed E-state index contributed by atoms with van der Waals surface area (Å²) in [5.74, 6) is 5.76. The van der Waals surface area contributed by atoms with Gasteiger partial charge in [0, 0.05) is 13.7 Å². The molecule has 0 aliphatic heterocycles. The lowest BCUT2D eigenvalue weighted by molar-refractivity contribution is 0.208. The van der Waals surface area contributed by atoms with Gasteiger partial charge in [0.15, 0.2) is 0 Å². The Balaban J connectivity index is 3.52. The van der Waals surface area contributed by atoms with Crippen molar-refractivity contribution in [3.05, 3.63) is 0 Å². The van der Waals surface area contributed by atoms with Gasteiger partial charge in [0.05, 0.1) is 13.2 Å². The zero-order chi connectivity index (χ0) is 8.53. The summed E-state index contributed by atoms with van der Waals surface area (Å²) in [6, 6.07) is 0. The molecule has 0 aromatic rings. The number of nitrogens with zero attached hydrogens (tertiary/aromatic N) is 1. The van der Waals surface area contributed by atoms with Crippen LogP contribution in [0.25, 0.3) is 0 Å². The van der Waals surface area contributed by atoms with Crippen LogP contribution in [0.1, 0.15) is 6.92 Å². The molecule has 5 nitrogen and oxygen atoms in total. The third-order valence-electron chi connectivity index (χ3n) is 1.05. The van der Waals surface area contributed by atoms with Crippen LogP contribution in [0.5, 0.6) is 0 Å². The van der Waals surface area contributed by atoms with Crippen LogP contribution in [-0.4, -0.2) is 32.8 Å². The number of nitrogens with one attached hydrogen (secondary N) is 2. The molecule has 0 aromatic heterocycles. The molecule has 0 fully saturated rings. The first kappa shape index (κ1) is 10.2. The van der Waals surface area contributed by atoms with Crippen LogP contribution in [0.4, 0.5) is 0 Å². The van der Waals surface area contributed by atoms with E-state index in [1.807, 2.05) is 6.92 Å². The number of nitrogens with two attached hydrogens (primary N) is 1. The normalized spacial score (nSPS) is 11.4. The quantitative estimate of drug-likeness (QED) is 0.163. The molecule has 11 heavy (non-hydrogen) atoms. The van der Waals surface area contributed by atoms with Gasteiger partial charge in [-0.15, -0.1) is 0 Å². The number of methoxy groups -OCH3 is 1. The average Bonchev–Trinajstić information content (AvgIpc) is 2.03. The van der Waals surface area contributed by atoms with Crippen molar-refractivity contribution in [2.24, 2.45) is 10.8 Å². The van der Waals surface area contributed by atoms with Crippen molar-refractivity contribution in [3.63, 3.8) is 0 Å². The molecule has 0 bridgehead atoms. The van der Waals surface area contributed by atoms with Crippen LogP contribution in [-0.2, 0) is 4.74 Å². The van der Waals surface area contributed by atoms with Crippen molar-refractivity contribution < 1.29 is 4.74 Å². The largest absolute Gasteiger partial charge is 0.383 e. The minimum atomic E-state index is 0.601. The SMILES string of the molecule is CCNC(=NCCOC)NN. The van der Waals surface area contributed by atoms with E-state index in [1.54, 1.807) is 7.11 Å². The number of ether oxygens (including phenoxy) is 1. The van der Waals surface area contributed by atoms with Gasteiger partial charge in [-0.25, -0.2) is 10.8 Å². The maximum atomic E-state index is 5.16. The Morgan fingerprint density at radius 1 is 1.64 bits per heavy atom. The Morgan fingerprint density at radius 2 is 2.36 bits per heavy atom. The molecule has 0 saturated heterocycles. The Morgan fingerprint density at radius 3 is 2.82 bits per heavy atom. The van der Waals surface area contributed by atoms with Crippen LogP contribution < -0.4 is 16.6 Å². The first-order valence-electron chi connectivity index (χ1n) is 3.59. The molecule has 0 rings (SSSR count). The molecule has 0 spiro atoms. The van der Waals surface area contributed by atoms with E-state index in [2.05, 4.69) is 15.7 Å². The Hall–Kier alpha value is -0.810. The van der Waals surface area contributed by atoms with Gasteiger partial charge in [-0.1, -0.05) is 0 Å². The molecule has 5 heteroatoms. The van der Waals surface area contributed by atoms with Crippen molar-refractivity contribution in [1.82, 2.24) is 10.7 Å². The summed E-state index contributed by atoms with van der Waals surface area (Å²) in [6.45, 7) is 4.00. The fourth-order valence-corrected chi connectivity index (χ4v) is 0.569. The fraction of sp³-hybridized carbons (Fsp3) is 0.833. The van der Waals surface area contributed by atoms with E-state index in [0.29, 0.717) is 19.1 Å². The maximum absolute atomic E-state index is 5.16. The lowest BCUT2D eigenvalue weighted by atomic mass is 10.7. The minimum absolute atomic E-state index is 0.601. The highest BCUT2D eigenvalue weighted by Crippen LogP contribution is 1.72. The maximum Gasteiger partial charge on any atom is 0.205 e. The molecule has 66 valence electrons. The Bertz CT molecular complexity index is 115. The van der Waals surface area contributed by atoms with E-state index >= 15 is 0 Å². The summed E-state index contributed by atoms with van der Waals surface area (Å²) < 4.78 is 4.81. The Kier molecular flexibility index (Phi) is 6.76. The molecule has 4 N–H and O–H groups in total. The lowest BCUT2D eigenvalue weighted by Gasteiger charge is -2.05. The van der Waals surface area contributed by atoms with Gasteiger partial charge < -0.3 is 10.1 Å². The van der Waals surface area contributed by atoms with Gasteiger partial charge in [-0.2, -0.15) is 0 Å². The summed E-state index contributed by atoms with van der Waals surface area (Å²) >= 11 is 0. The summed E-state index contributed by atoms with van der Waals surface area (Å²) in [7, 11) is 1.64. The summed E-state index contributed by atoms with van der Waals surface area (Å²) in [6.07, 6.45) is 0.